The molecule has 3 rings (SSSR count). The van der Waals surface area contributed by atoms with Crippen LogP contribution in [0.4, 0.5) is 5.13 Å². The smallest absolute Gasteiger partial charge is 0.293 e. The van der Waals surface area contributed by atoms with Gasteiger partial charge in [0.25, 0.3) is 5.91 Å². The van der Waals surface area contributed by atoms with Crippen molar-refractivity contribution in [2.75, 3.05) is 5.32 Å². The first-order valence-electron chi connectivity index (χ1n) is 6.94. The number of benzene rings is 1. The maximum atomic E-state index is 12.0. The third kappa shape index (κ3) is 2.80. The van der Waals surface area contributed by atoms with Gasteiger partial charge in [0.15, 0.2) is 10.9 Å². The van der Waals surface area contributed by atoms with Gasteiger partial charge in [-0.05, 0) is 44.5 Å². The van der Waals surface area contributed by atoms with Crippen molar-refractivity contribution >= 4 is 22.4 Å². The Labute approximate surface area is 132 Å². The average Bonchev–Trinajstić information content (AvgIpc) is 3.11. The maximum absolute atomic E-state index is 12.0. The van der Waals surface area contributed by atoms with Crippen molar-refractivity contribution in [2.24, 2.45) is 0 Å². The van der Waals surface area contributed by atoms with Gasteiger partial charge in [-0.2, -0.15) is 0 Å². The number of nitrogens with one attached hydrogen (secondary N) is 1. The fraction of sp³-hybridized carbons (Fsp3) is 0.176. The van der Waals surface area contributed by atoms with Gasteiger partial charge in [-0.1, -0.05) is 17.7 Å². The SMILES string of the molecule is Cc1ccc(C)c(-c2nc(NC(=O)c3ccco3)sc2C)c1. The number of amides is 1. The van der Waals surface area contributed by atoms with E-state index >= 15 is 0 Å². The summed E-state index contributed by atoms with van der Waals surface area (Å²) in [4.78, 5) is 17.7. The van der Waals surface area contributed by atoms with Gasteiger partial charge in [0, 0.05) is 10.4 Å². The third-order valence-electron chi connectivity index (χ3n) is 3.41. The Bertz CT molecular complexity index is 819. The molecular weight excluding hydrogens is 296 g/mol. The van der Waals surface area contributed by atoms with E-state index in [0.29, 0.717) is 5.13 Å². The molecule has 2 heterocycles. The zero-order valence-corrected chi connectivity index (χ0v) is 13.5. The lowest BCUT2D eigenvalue weighted by Crippen LogP contribution is -2.10. The first-order valence-corrected chi connectivity index (χ1v) is 7.76. The fourth-order valence-corrected chi connectivity index (χ4v) is 3.08. The van der Waals surface area contributed by atoms with Crippen molar-refractivity contribution in [1.82, 2.24) is 4.98 Å². The monoisotopic (exact) mass is 312 g/mol. The summed E-state index contributed by atoms with van der Waals surface area (Å²) in [5, 5.41) is 3.36. The van der Waals surface area contributed by atoms with Gasteiger partial charge in [-0.15, -0.1) is 11.3 Å². The summed E-state index contributed by atoms with van der Waals surface area (Å²) < 4.78 is 5.09. The minimum absolute atomic E-state index is 0.279. The molecule has 0 fully saturated rings. The highest BCUT2D eigenvalue weighted by Gasteiger charge is 2.15. The minimum Gasteiger partial charge on any atom is -0.459 e. The number of hydrogen-bond acceptors (Lipinski definition) is 4. The number of furan rings is 1. The van der Waals surface area contributed by atoms with E-state index in [1.807, 2.05) is 6.92 Å². The highest BCUT2D eigenvalue weighted by Crippen LogP contribution is 2.32. The van der Waals surface area contributed by atoms with Crippen molar-refractivity contribution in [1.29, 1.82) is 0 Å². The van der Waals surface area contributed by atoms with Crippen LogP contribution in [0.15, 0.2) is 41.0 Å². The Balaban J connectivity index is 1.91. The van der Waals surface area contributed by atoms with Crippen molar-refractivity contribution < 1.29 is 9.21 Å². The lowest BCUT2D eigenvalue weighted by atomic mass is 10.0. The van der Waals surface area contributed by atoms with Crippen LogP contribution < -0.4 is 5.32 Å². The largest absolute Gasteiger partial charge is 0.459 e. The molecule has 3 aromatic rings. The van der Waals surface area contributed by atoms with E-state index in [2.05, 4.69) is 42.3 Å². The Hall–Kier alpha value is -2.40. The van der Waals surface area contributed by atoms with Gasteiger partial charge in [0.05, 0.1) is 12.0 Å². The number of rotatable bonds is 3. The standard InChI is InChI=1S/C17H16N2O2S/c1-10-6-7-11(2)13(9-10)15-12(3)22-17(18-15)19-16(20)14-5-4-8-21-14/h4-9H,1-3H3,(H,18,19,20). The van der Waals surface area contributed by atoms with Crippen LogP contribution >= 0.6 is 11.3 Å². The number of hydrogen-bond donors (Lipinski definition) is 1. The van der Waals surface area contributed by atoms with Crippen LogP contribution in [0.2, 0.25) is 0 Å². The van der Waals surface area contributed by atoms with E-state index in [0.717, 1.165) is 16.1 Å². The van der Waals surface area contributed by atoms with E-state index in [9.17, 15) is 4.79 Å². The second kappa shape index (κ2) is 5.77. The van der Waals surface area contributed by atoms with Crippen LogP contribution in [0.3, 0.4) is 0 Å². The number of anilines is 1. The third-order valence-corrected chi connectivity index (χ3v) is 4.30. The summed E-state index contributed by atoms with van der Waals surface area (Å²) in [6.45, 7) is 6.14. The predicted octanol–water partition coefficient (Wildman–Crippen LogP) is 4.58. The lowest BCUT2D eigenvalue weighted by Gasteiger charge is -2.05. The summed E-state index contributed by atoms with van der Waals surface area (Å²) in [5.74, 6) is -0.00703. The van der Waals surface area contributed by atoms with Crippen molar-refractivity contribution in [3.05, 3.63) is 58.4 Å². The predicted molar refractivity (Wildman–Crippen MR) is 88.4 cm³/mol. The molecule has 0 saturated heterocycles. The van der Waals surface area contributed by atoms with Gasteiger partial charge in [-0.25, -0.2) is 4.98 Å². The first-order chi connectivity index (χ1) is 10.5. The Morgan fingerprint density at radius 2 is 2.05 bits per heavy atom. The number of thiazole rings is 1. The number of aryl methyl sites for hydroxylation is 3. The zero-order chi connectivity index (χ0) is 15.7. The van der Waals surface area contributed by atoms with Gasteiger partial charge in [0.1, 0.15) is 0 Å². The highest BCUT2D eigenvalue weighted by molar-refractivity contribution is 7.16. The second-order valence-corrected chi connectivity index (χ2v) is 6.38. The van der Waals surface area contributed by atoms with Gasteiger partial charge in [-0.3, -0.25) is 10.1 Å². The molecule has 1 aromatic carbocycles. The molecule has 0 aliphatic heterocycles. The first kappa shape index (κ1) is 14.5. The molecule has 4 nitrogen and oxygen atoms in total. The maximum Gasteiger partial charge on any atom is 0.293 e. The van der Waals surface area contributed by atoms with E-state index in [1.165, 1.54) is 28.7 Å². The number of aromatic nitrogens is 1. The molecule has 1 amide bonds. The summed E-state index contributed by atoms with van der Waals surface area (Å²) >= 11 is 1.46. The quantitative estimate of drug-likeness (QED) is 0.770. The molecule has 2 aromatic heterocycles. The van der Waals surface area contributed by atoms with Crippen LogP contribution in [-0.4, -0.2) is 10.9 Å². The molecule has 0 atom stereocenters. The molecular formula is C17H16N2O2S. The number of carbonyl (C=O) groups is 1. The summed E-state index contributed by atoms with van der Waals surface area (Å²) in [7, 11) is 0. The van der Waals surface area contributed by atoms with Crippen molar-refractivity contribution in [3.63, 3.8) is 0 Å². The number of nitrogens with zero attached hydrogens (tertiary/aromatic N) is 1. The summed E-state index contributed by atoms with van der Waals surface area (Å²) in [5.41, 5.74) is 4.38. The van der Waals surface area contributed by atoms with E-state index < -0.39 is 0 Å². The highest BCUT2D eigenvalue weighted by atomic mass is 32.1. The van der Waals surface area contributed by atoms with E-state index in [4.69, 9.17) is 4.42 Å². The second-order valence-electron chi connectivity index (χ2n) is 5.17. The van der Waals surface area contributed by atoms with Gasteiger partial charge < -0.3 is 4.42 Å². The summed E-state index contributed by atoms with van der Waals surface area (Å²) in [6, 6.07) is 9.60. The topological polar surface area (TPSA) is 55.1 Å². The molecule has 5 heteroatoms. The van der Waals surface area contributed by atoms with E-state index in [1.54, 1.807) is 12.1 Å². The van der Waals surface area contributed by atoms with Crippen LogP contribution in [0.5, 0.6) is 0 Å². The van der Waals surface area contributed by atoms with Gasteiger partial charge >= 0.3 is 0 Å². The molecule has 0 aliphatic rings. The molecule has 0 spiro atoms. The Morgan fingerprint density at radius 3 is 2.77 bits per heavy atom. The molecule has 22 heavy (non-hydrogen) atoms. The fourth-order valence-electron chi connectivity index (χ4n) is 2.26. The van der Waals surface area contributed by atoms with E-state index in [-0.39, 0.29) is 11.7 Å². The Morgan fingerprint density at radius 1 is 1.23 bits per heavy atom. The van der Waals surface area contributed by atoms with Crippen LogP contribution in [0, 0.1) is 20.8 Å². The molecule has 0 aliphatic carbocycles. The molecule has 0 bridgehead atoms. The average molecular weight is 312 g/mol. The van der Waals surface area contributed by atoms with Crippen molar-refractivity contribution in [3.8, 4) is 11.3 Å². The summed E-state index contributed by atoms with van der Waals surface area (Å²) in [6.07, 6.45) is 1.48. The molecule has 0 unspecified atom stereocenters. The molecule has 1 N–H and O–H groups in total. The lowest BCUT2D eigenvalue weighted by molar-refractivity contribution is 0.0996. The Kier molecular flexibility index (Phi) is 3.81. The molecule has 0 saturated carbocycles. The van der Waals surface area contributed by atoms with Crippen LogP contribution in [0.1, 0.15) is 26.6 Å². The molecule has 0 radical (unpaired) electrons. The van der Waals surface area contributed by atoms with Gasteiger partial charge in [0.2, 0.25) is 0 Å². The van der Waals surface area contributed by atoms with Crippen LogP contribution in [0.25, 0.3) is 11.3 Å². The normalized spacial score (nSPS) is 10.7. The van der Waals surface area contributed by atoms with Crippen molar-refractivity contribution in [2.45, 2.75) is 20.8 Å². The number of carbonyl (C=O) groups excluding carboxylic acids is 1. The molecule has 112 valence electrons. The van der Waals surface area contributed by atoms with Crippen LogP contribution in [-0.2, 0) is 0 Å². The zero-order valence-electron chi connectivity index (χ0n) is 12.6. The minimum atomic E-state index is -0.286.